The molecule has 0 atom stereocenters. The Balaban J connectivity index is 1.50. The highest BCUT2D eigenvalue weighted by molar-refractivity contribution is 6.31. The van der Waals surface area contributed by atoms with Gasteiger partial charge in [0.2, 0.25) is 0 Å². The van der Waals surface area contributed by atoms with Crippen molar-refractivity contribution < 1.29 is 4.79 Å². The van der Waals surface area contributed by atoms with E-state index >= 15 is 0 Å². The maximum absolute atomic E-state index is 13.2. The Morgan fingerprint density at radius 2 is 1.85 bits per heavy atom. The third-order valence-electron chi connectivity index (χ3n) is 7.67. The molecule has 1 aliphatic carbocycles. The van der Waals surface area contributed by atoms with Gasteiger partial charge in [0.05, 0.1) is 0 Å². The summed E-state index contributed by atoms with van der Waals surface area (Å²) >= 11 is 6.51. The van der Waals surface area contributed by atoms with Gasteiger partial charge >= 0.3 is 0 Å². The van der Waals surface area contributed by atoms with Crippen LogP contribution in [0.3, 0.4) is 0 Å². The van der Waals surface area contributed by atoms with Crippen LogP contribution in [0.4, 0.5) is 5.69 Å². The first kappa shape index (κ1) is 24.8. The number of amides is 1. The van der Waals surface area contributed by atoms with Gasteiger partial charge in [-0.25, -0.2) is 0 Å². The highest BCUT2D eigenvalue weighted by atomic mass is 35.5. The van der Waals surface area contributed by atoms with E-state index in [9.17, 15) is 9.59 Å². The number of anilines is 1. The van der Waals surface area contributed by atoms with Crippen LogP contribution < -0.4 is 15.8 Å². The van der Waals surface area contributed by atoms with Gasteiger partial charge in [0.25, 0.3) is 11.5 Å². The Bertz CT molecular complexity index is 1100. The van der Waals surface area contributed by atoms with E-state index in [1.54, 1.807) is 6.07 Å². The van der Waals surface area contributed by atoms with E-state index in [1.807, 2.05) is 32.9 Å². The number of aromatic amines is 1. The number of carbonyl (C=O) groups excluding carboxylic acids is 1. The van der Waals surface area contributed by atoms with Gasteiger partial charge in [0.15, 0.2) is 0 Å². The number of pyridine rings is 1. The maximum Gasteiger partial charge on any atom is 0.253 e. The van der Waals surface area contributed by atoms with Crippen molar-refractivity contribution in [2.24, 2.45) is 0 Å². The SMILES string of the molecule is CCN(c1cc(Cl)cc(C(=O)NCc2c(C)cc(C)[nH]c2=O)c1C)[C@H]1CC[C@@H](N2CCC2)CC1. The molecule has 0 bridgehead atoms. The molecule has 34 heavy (non-hydrogen) atoms. The molecule has 1 saturated heterocycles. The van der Waals surface area contributed by atoms with E-state index in [2.05, 4.69) is 27.0 Å². The highest BCUT2D eigenvalue weighted by Gasteiger charge is 2.31. The fourth-order valence-electron chi connectivity index (χ4n) is 5.63. The second-order valence-corrected chi connectivity index (χ2v) is 10.3. The smallest absolute Gasteiger partial charge is 0.253 e. The van der Waals surface area contributed by atoms with Gasteiger partial charge in [0, 0.05) is 52.7 Å². The van der Waals surface area contributed by atoms with Gasteiger partial charge in [-0.2, -0.15) is 0 Å². The minimum absolute atomic E-state index is 0.160. The number of halogens is 1. The minimum atomic E-state index is -0.210. The van der Waals surface area contributed by atoms with Crippen LogP contribution in [0.25, 0.3) is 0 Å². The Morgan fingerprint density at radius 3 is 2.44 bits per heavy atom. The summed E-state index contributed by atoms with van der Waals surface area (Å²) < 4.78 is 0. The number of benzene rings is 1. The lowest BCUT2D eigenvalue weighted by Crippen LogP contribution is -2.49. The number of hydrogen-bond acceptors (Lipinski definition) is 4. The van der Waals surface area contributed by atoms with Crippen molar-refractivity contribution in [1.29, 1.82) is 0 Å². The summed E-state index contributed by atoms with van der Waals surface area (Å²) in [6.07, 6.45) is 6.14. The third kappa shape index (κ3) is 5.18. The Kier molecular flexibility index (Phi) is 7.68. The number of hydrogen-bond donors (Lipinski definition) is 2. The molecule has 0 radical (unpaired) electrons. The number of carbonyl (C=O) groups is 1. The second-order valence-electron chi connectivity index (χ2n) is 9.86. The number of nitrogens with zero attached hydrogens (tertiary/aromatic N) is 2. The molecular weight excluding hydrogens is 448 g/mol. The Hall–Kier alpha value is -2.31. The summed E-state index contributed by atoms with van der Waals surface area (Å²) in [5.41, 5.74) is 4.64. The Labute approximate surface area is 207 Å². The van der Waals surface area contributed by atoms with Gasteiger partial charge in [-0.1, -0.05) is 11.6 Å². The zero-order valence-electron chi connectivity index (χ0n) is 20.8. The third-order valence-corrected chi connectivity index (χ3v) is 7.89. The highest BCUT2D eigenvalue weighted by Crippen LogP contribution is 2.35. The van der Waals surface area contributed by atoms with Crippen LogP contribution in [0.2, 0.25) is 5.02 Å². The summed E-state index contributed by atoms with van der Waals surface area (Å²) in [4.78, 5) is 33.4. The lowest BCUT2D eigenvalue weighted by atomic mass is 9.87. The van der Waals surface area contributed by atoms with Crippen LogP contribution in [0, 0.1) is 20.8 Å². The number of aryl methyl sites for hydroxylation is 2. The van der Waals surface area contributed by atoms with Crippen LogP contribution in [0.1, 0.15) is 71.8 Å². The quantitative estimate of drug-likeness (QED) is 0.596. The van der Waals surface area contributed by atoms with Crippen LogP contribution in [0.15, 0.2) is 23.0 Å². The number of H-pyrrole nitrogens is 1. The molecule has 2 heterocycles. The number of nitrogens with one attached hydrogen (secondary N) is 2. The summed E-state index contributed by atoms with van der Waals surface area (Å²) in [5, 5.41) is 3.50. The fourth-order valence-corrected chi connectivity index (χ4v) is 5.84. The monoisotopic (exact) mass is 484 g/mol. The van der Waals surface area contributed by atoms with Crippen molar-refractivity contribution in [1.82, 2.24) is 15.2 Å². The average molecular weight is 485 g/mol. The molecule has 2 N–H and O–H groups in total. The van der Waals surface area contributed by atoms with Gasteiger partial charge < -0.3 is 20.1 Å². The molecule has 7 heteroatoms. The molecular formula is C27H37ClN4O2. The van der Waals surface area contributed by atoms with E-state index in [0.29, 0.717) is 22.2 Å². The van der Waals surface area contributed by atoms with Crippen molar-refractivity contribution in [2.45, 2.75) is 78.4 Å². The molecule has 6 nitrogen and oxygen atoms in total. The molecule has 0 unspecified atom stereocenters. The first-order chi connectivity index (χ1) is 16.3. The molecule has 1 aromatic carbocycles. The summed E-state index contributed by atoms with van der Waals surface area (Å²) in [6, 6.07) is 6.84. The predicted molar refractivity (Wildman–Crippen MR) is 139 cm³/mol. The van der Waals surface area contributed by atoms with Crippen LogP contribution >= 0.6 is 11.6 Å². The number of rotatable bonds is 7. The van der Waals surface area contributed by atoms with E-state index in [0.717, 1.165) is 47.9 Å². The summed E-state index contributed by atoms with van der Waals surface area (Å²) in [7, 11) is 0. The van der Waals surface area contributed by atoms with E-state index in [1.165, 1.54) is 32.4 Å². The largest absolute Gasteiger partial charge is 0.369 e. The van der Waals surface area contributed by atoms with Crippen molar-refractivity contribution >= 4 is 23.2 Å². The minimum Gasteiger partial charge on any atom is -0.369 e. The maximum atomic E-state index is 13.2. The molecule has 2 aliphatic rings. The van der Waals surface area contributed by atoms with Crippen molar-refractivity contribution in [3.8, 4) is 0 Å². The zero-order valence-corrected chi connectivity index (χ0v) is 21.6. The van der Waals surface area contributed by atoms with Crippen molar-refractivity contribution in [3.05, 3.63) is 61.5 Å². The molecule has 0 spiro atoms. The van der Waals surface area contributed by atoms with Crippen molar-refractivity contribution in [2.75, 3.05) is 24.5 Å². The lowest BCUT2D eigenvalue weighted by molar-refractivity contribution is 0.0866. The molecule has 2 aromatic rings. The van der Waals surface area contributed by atoms with Gasteiger partial charge in [0.1, 0.15) is 0 Å². The van der Waals surface area contributed by atoms with E-state index < -0.39 is 0 Å². The van der Waals surface area contributed by atoms with Crippen LogP contribution in [0.5, 0.6) is 0 Å². The Morgan fingerprint density at radius 1 is 1.15 bits per heavy atom. The first-order valence-electron chi connectivity index (χ1n) is 12.6. The van der Waals surface area contributed by atoms with Gasteiger partial charge in [-0.3, -0.25) is 9.59 Å². The average Bonchev–Trinajstić information content (AvgIpc) is 2.75. The normalized spacial score (nSPS) is 20.6. The fraction of sp³-hybridized carbons (Fsp3) is 0.556. The van der Waals surface area contributed by atoms with E-state index in [4.69, 9.17) is 11.6 Å². The van der Waals surface area contributed by atoms with E-state index in [-0.39, 0.29) is 18.0 Å². The standard InChI is InChI=1S/C27H37ClN4O2/c1-5-32(22-9-7-21(8-10-22)31-11-6-12-31)25-15-20(28)14-23(19(25)4)26(33)29-16-24-17(2)13-18(3)30-27(24)34/h13-15,21-22H,5-12,16H2,1-4H3,(H,29,33)(H,30,34)/t21-,22+. The lowest BCUT2D eigenvalue weighted by Gasteiger charge is -2.44. The van der Waals surface area contributed by atoms with Crippen LogP contribution in [-0.2, 0) is 6.54 Å². The first-order valence-corrected chi connectivity index (χ1v) is 12.9. The topological polar surface area (TPSA) is 68.4 Å². The molecule has 1 aliphatic heterocycles. The van der Waals surface area contributed by atoms with Crippen molar-refractivity contribution in [3.63, 3.8) is 0 Å². The van der Waals surface area contributed by atoms with Gasteiger partial charge in [-0.05, 0) is 102 Å². The number of likely N-dealkylation sites (tertiary alicyclic amines) is 1. The molecule has 184 valence electrons. The number of aromatic nitrogens is 1. The molecule has 1 saturated carbocycles. The summed E-state index contributed by atoms with van der Waals surface area (Å²) in [6.45, 7) is 11.5. The molecule has 1 amide bonds. The molecule has 4 rings (SSSR count). The molecule has 1 aromatic heterocycles. The predicted octanol–water partition coefficient (Wildman–Crippen LogP) is 4.73. The summed E-state index contributed by atoms with van der Waals surface area (Å²) in [5.74, 6) is -0.210. The van der Waals surface area contributed by atoms with Crippen LogP contribution in [-0.4, -0.2) is 47.5 Å². The van der Waals surface area contributed by atoms with Gasteiger partial charge in [-0.15, -0.1) is 0 Å². The zero-order chi connectivity index (χ0) is 24.4. The molecule has 2 fully saturated rings. The second kappa shape index (κ2) is 10.5.